The first-order valence-corrected chi connectivity index (χ1v) is 11.0. The molecule has 0 aliphatic rings. The third-order valence-corrected chi connectivity index (χ3v) is 6.73. The van der Waals surface area contributed by atoms with Gasteiger partial charge in [0.2, 0.25) is 9.84 Å². The fraction of sp³-hybridized carbons (Fsp3) is 0.500. The largest absolute Gasteiger partial charge is 0.219 e. The van der Waals surface area contributed by atoms with Gasteiger partial charge in [-0.3, -0.25) is 0 Å². The molecule has 3 heteroatoms. The predicted octanol–water partition coefficient (Wildman–Crippen LogP) is 6.41. The summed E-state index contributed by atoms with van der Waals surface area (Å²) in [6.07, 6.45) is 0. The molecule has 0 heterocycles. The van der Waals surface area contributed by atoms with E-state index in [1.165, 1.54) is 0 Å². The maximum Gasteiger partial charge on any atom is 0.206 e. The Balaban J connectivity index is 2.65. The molecule has 0 bridgehead atoms. The zero-order valence-electron chi connectivity index (χ0n) is 18.3. The molecule has 0 aliphatic heterocycles. The Hall–Kier alpha value is -1.61. The molecule has 0 atom stereocenters. The molecule has 0 saturated heterocycles. The monoisotopic (exact) mass is 386 g/mol. The molecule has 0 saturated carbocycles. The van der Waals surface area contributed by atoms with E-state index in [4.69, 9.17) is 0 Å². The lowest BCUT2D eigenvalue weighted by molar-refractivity contribution is 0.562. The lowest BCUT2D eigenvalue weighted by Crippen LogP contribution is -2.18. The lowest BCUT2D eigenvalue weighted by atomic mass is 9.81. The molecule has 2 rings (SSSR count). The van der Waals surface area contributed by atoms with Gasteiger partial charge >= 0.3 is 0 Å². The Morgan fingerprint density at radius 2 is 0.889 bits per heavy atom. The van der Waals surface area contributed by atoms with Gasteiger partial charge in [-0.05, 0) is 57.2 Å². The summed E-state index contributed by atoms with van der Waals surface area (Å²) in [6.45, 7) is 19.1. The SMILES string of the molecule is CC(C)(C)c1ccc(S(=O)(=O)c2cc(C(C)(C)C)cc(C(C)(C)C)c2)cc1. The molecule has 2 nitrogen and oxygen atoms in total. The number of hydrogen-bond acceptors (Lipinski definition) is 2. The number of sulfone groups is 1. The van der Waals surface area contributed by atoms with Gasteiger partial charge in [0.05, 0.1) is 9.79 Å². The van der Waals surface area contributed by atoms with E-state index in [1.807, 2.05) is 24.3 Å². The van der Waals surface area contributed by atoms with E-state index in [9.17, 15) is 8.42 Å². The highest BCUT2D eigenvalue weighted by atomic mass is 32.2. The highest BCUT2D eigenvalue weighted by Crippen LogP contribution is 2.34. The van der Waals surface area contributed by atoms with Crippen molar-refractivity contribution >= 4 is 9.84 Å². The first-order valence-electron chi connectivity index (χ1n) is 9.54. The Morgan fingerprint density at radius 3 is 1.22 bits per heavy atom. The Labute approximate surface area is 165 Å². The fourth-order valence-corrected chi connectivity index (χ4v) is 4.22. The van der Waals surface area contributed by atoms with Gasteiger partial charge in [-0.1, -0.05) is 80.5 Å². The van der Waals surface area contributed by atoms with Gasteiger partial charge in [-0.15, -0.1) is 0 Å². The quantitative estimate of drug-likeness (QED) is 0.597. The molecule has 0 unspecified atom stereocenters. The van der Waals surface area contributed by atoms with Crippen LogP contribution in [0.25, 0.3) is 0 Å². The standard InChI is InChI=1S/C24H34O2S/c1-22(2,3)17-10-12-20(13-11-17)27(25,26)21-15-18(23(4,5)6)14-19(16-21)24(7,8)9/h10-16H,1-9H3. The van der Waals surface area contributed by atoms with Crippen molar-refractivity contribution in [1.29, 1.82) is 0 Å². The van der Waals surface area contributed by atoms with Crippen LogP contribution in [0.15, 0.2) is 52.3 Å². The van der Waals surface area contributed by atoms with Crippen molar-refractivity contribution in [3.05, 3.63) is 59.2 Å². The third-order valence-electron chi connectivity index (χ3n) is 4.98. The fourth-order valence-electron chi connectivity index (χ4n) is 2.89. The zero-order valence-corrected chi connectivity index (χ0v) is 19.1. The molecule has 2 aromatic rings. The van der Waals surface area contributed by atoms with Crippen LogP contribution in [0.4, 0.5) is 0 Å². The topological polar surface area (TPSA) is 34.1 Å². The Bertz CT molecular complexity index is 882. The van der Waals surface area contributed by atoms with Crippen LogP contribution in [0.2, 0.25) is 0 Å². The Kier molecular flexibility index (Phi) is 5.44. The van der Waals surface area contributed by atoms with Crippen LogP contribution in [-0.4, -0.2) is 8.42 Å². The van der Waals surface area contributed by atoms with Crippen molar-refractivity contribution in [3.63, 3.8) is 0 Å². The highest BCUT2D eigenvalue weighted by Gasteiger charge is 2.26. The average molecular weight is 387 g/mol. The van der Waals surface area contributed by atoms with Crippen LogP contribution in [0.3, 0.4) is 0 Å². The van der Waals surface area contributed by atoms with Crippen molar-refractivity contribution in [1.82, 2.24) is 0 Å². The number of rotatable bonds is 2. The van der Waals surface area contributed by atoms with E-state index in [-0.39, 0.29) is 16.2 Å². The van der Waals surface area contributed by atoms with Gasteiger partial charge in [0, 0.05) is 0 Å². The normalized spacial score (nSPS) is 13.7. The second-order valence-electron chi connectivity index (χ2n) is 10.5. The smallest absolute Gasteiger partial charge is 0.206 e. The molecule has 0 aliphatic carbocycles. The van der Waals surface area contributed by atoms with E-state index in [0.717, 1.165) is 16.7 Å². The molecular formula is C24H34O2S. The highest BCUT2D eigenvalue weighted by molar-refractivity contribution is 7.91. The molecule has 148 valence electrons. The van der Waals surface area contributed by atoms with Crippen molar-refractivity contribution in [2.75, 3.05) is 0 Å². The van der Waals surface area contributed by atoms with Crippen molar-refractivity contribution < 1.29 is 8.42 Å². The molecular weight excluding hydrogens is 352 g/mol. The first kappa shape index (κ1) is 21.7. The van der Waals surface area contributed by atoms with Crippen LogP contribution in [0.5, 0.6) is 0 Å². The minimum absolute atomic E-state index is 0.00610. The molecule has 2 aromatic carbocycles. The summed E-state index contributed by atoms with van der Waals surface area (Å²) in [4.78, 5) is 0.727. The summed E-state index contributed by atoms with van der Waals surface area (Å²) in [6, 6.07) is 13.1. The summed E-state index contributed by atoms with van der Waals surface area (Å²) in [5.41, 5.74) is 2.96. The minimum atomic E-state index is -3.57. The second kappa shape index (κ2) is 6.77. The zero-order chi connectivity index (χ0) is 20.8. The van der Waals surface area contributed by atoms with Gasteiger partial charge in [-0.2, -0.15) is 0 Å². The number of benzene rings is 2. The second-order valence-corrected chi connectivity index (χ2v) is 12.5. The maximum atomic E-state index is 13.4. The molecule has 0 fully saturated rings. The van der Waals surface area contributed by atoms with Crippen molar-refractivity contribution in [2.45, 2.75) is 88.3 Å². The van der Waals surface area contributed by atoms with Crippen LogP contribution < -0.4 is 0 Å². The van der Waals surface area contributed by atoms with E-state index in [1.54, 1.807) is 12.1 Å². The van der Waals surface area contributed by atoms with E-state index >= 15 is 0 Å². The van der Waals surface area contributed by atoms with E-state index < -0.39 is 9.84 Å². The number of hydrogen-bond donors (Lipinski definition) is 0. The molecule has 0 aromatic heterocycles. The van der Waals surface area contributed by atoms with Gasteiger partial charge < -0.3 is 0 Å². The minimum Gasteiger partial charge on any atom is -0.219 e. The van der Waals surface area contributed by atoms with Crippen molar-refractivity contribution in [3.8, 4) is 0 Å². The maximum absolute atomic E-state index is 13.4. The van der Waals surface area contributed by atoms with E-state index in [2.05, 4.69) is 68.4 Å². The molecule has 0 amide bonds. The average Bonchev–Trinajstić information content (AvgIpc) is 2.52. The van der Waals surface area contributed by atoms with Crippen LogP contribution in [0, 0.1) is 0 Å². The summed E-state index contributed by atoms with van der Waals surface area (Å²) in [5.74, 6) is 0. The summed E-state index contributed by atoms with van der Waals surface area (Å²) in [5, 5.41) is 0. The van der Waals surface area contributed by atoms with Gasteiger partial charge in [0.15, 0.2) is 0 Å². The molecule has 0 radical (unpaired) electrons. The lowest BCUT2D eigenvalue weighted by Gasteiger charge is -2.26. The summed E-state index contributed by atoms with van der Waals surface area (Å²) in [7, 11) is -3.57. The summed E-state index contributed by atoms with van der Waals surface area (Å²) < 4.78 is 26.7. The van der Waals surface area contributed by atoms with E-state index in [0.29, 0.717) is 9.79 Å². The molecule has 0 N–H and O–H groups in total. The summed E-state index contributed by atoms with van der Waals surface area (Å²) >= 11 is 0. The molecule has 27 heavy (non-hydrogen) atoms. The van der Waals surface area contributed by atoms with Crippen molar-refractivity contribution in [2.24, 2.45) is 0 Å². The van der Waals surface area contributed by atoms with Crippen LogP contribution in [0.1, 0.15) is 79.0 Å². The first-order chi connectivity index (χ1) is 12.0. The van der Waals surface area contributed by atoms with Gasteiger partial charge in [0.1, 0.15) is 0 Å². The molecule has 0 spiro atoms. The van der Waals surface area contributed by atoms with Crippen LogP contribution in [-0.2, 0) is 26.1 Å². The predicted molar refractivity (Wildman–Crippen MR) is 114 cm³/mol. The third kappa shape index (κ3) is 4.82. The van der Waals surface area contributed by atoms with Gasteiger partial charge in [-0.25, -0.2) is 8.42 Å². The van der Waals surface area contributed by atoms with Gasteiger partial charge in [0.25, 0.3) is 0 Å². The Morgan fingerprint density at radius 1 is 0.519 bits per heavy atom. The van der Waals surface area contributed by atoms with Crippen LogP contribution >= 0.6 is 0 Å².